The zero-order chi connectivity index (χ0) is 25.3. The first-order valence-corrected chi connectivity index (χ1v) is 14.1. The van der Waals surface area contributed by atoms with Crippen LogP contribution < -0.4 is 5.32 Å². The summed E-state index contributed by atoms with van der Waals surface area (Å²) in [5.74, 6) is 0.203. The molecule has 0 unspecified atom stereocenters. The van der Waals surface area contributed by atoms with E-state index in [9.17, 15) is 13.2 Å². The zero-order valence-corrected chi connectivity index (χ0v) is 21.7. The molecule has 0 saturated carbocycles. The highest BCUT2D eigenvalue weighted by Crippen LogP contribution is 2.29. The van der Waals surface area contributed by atoms with Gasteiger partial charge in [0.15, 0.2) is 5.13 Å². The molecule has 8 nitrogen and oxygen atoms in total. The third-order valence-electron chi connectivity index (χ3n) is 6.20. The van der Waals surface area contributed by atoms with Crippen molar-refractivity contribution in [3.8, 4) is 11.3 Å². The maximum absolute atomic E-state index is 12.8. The lowest BCUT2D eigenvalue weighted by Crippen LogP contribution is -2.40. The smallest absolute Gasteiger partial charge is 0.243 e. The highest BCUT2D eigenvalue weighted by atomic mass is 32.2. The van der Waals surface area contributed by atoms with Crippen molar-refractivity contribution in [2.45, 2.75) is 31.1 Å². The summed E-state index contributed by atoms with van der Waals surface area (Å²) in [6.45, 7) is 5.77. The monoisotopic (exact) mass is 525 g/mol. The third-order valence-corrected chi connectivity index (χ3v) is 8.87. The van der Waals surface area contributed by atoms with Gasteiger partial charge in [0.1, 0.15) is 5.58 Å². The fourth-order valence-electron chi connectivity index (χ4n) is 4.13. The van der Waals surface area contributed by atoms with Gasteiger partial charge in [-0.2, -0.15) is 4.31 Å². The first kappa shape index (κ1) is 24.6. The van der Waals surface area contributed by atoms with Crippen molar-refractivity contribution in [2.75, 3.05) is 31.6 Å². The number of anilines is 1. The van der Waals surface area contributed by atoms with E-state index in [1.807, 2.05) is 17.5 Å². The van der Waals surface area contributed by atoms with E-state index >= 15 is 0 Å². The highest BCUT2D eigenvalue weighted by molar-refractivity contribution is 7.89. The van der Waals surface area contributed by atoms with E-state index in [-0.39, 0.29) is 17.2 Å². The lowest BCUT2D eigenvalue weighted by atomic mass is 10.00. The predicted molar refractivity (Wildman–Crippen MR) is 140 cm³/mol. The van der Waals surface area contributed by atoms with Crippen LogP contribution in [0.3, 0.4) is 0 Å². The van der Waals surface area contributed by atoms with Crippen LogP contribution in [0.2, 0.25) is 0 Å². The summed E-state index contributed by atoms with van der Waals surface area (Å²) in [6, 6.07) is 12.7. The molecule has 4 aromatic rings. The maximum Gasteiger partial charge on any atom is 0.243 e. The number of nitrogens with zero attached hydrogens (tertiary/aromatic N) is 2. The summed E-state index contributed by atoms with van der Waals surface area (Å²) < 4.78 is 38.0. The number of amides is 1. The summed E-state index contributed by atoms with van der Waals surface area (Å²) >= 11 is 1.32. The summed E-state index contributed by atoms with van der Waals surface area (Å²) in [4.78, 5) is 17.5. The van der Waals surface area contributed by atoms with Crippen molar-refractivity contribution in [3.63, 3.8) is 0 Å². The number of morpholine rings is 1. The van der Waals surface area contributed by atoms with Gasteiger partial charge in [0.05, 0.1) is 36.5 Å². The van der Waals surface area contributed by atoms with Crippen molar-refractivity contribution in [1.29, 1.82) is 0 Å². The van der Waals surface area contributed by atoms with Crippen LogP contribution in [0.15, 0.2) is 63.4 Å². The Morgan fingerprint density at radius 1 is 1.14 bits per heavy atom. The molecular weight excluding hydrogens is 498 g/mol. The second-order valence-electron chi connectivity index (χ2n) is 8.97. The van der Waals surface area contributed by atoms with Crippen LogP contribution >= 0.6 is 11.3 Å². The average molecular weight is 526 g/mol. The van der Waals surface area contributed by atoms with Gasteiger partial charge >= 0.3 is 0 Å². The number of rotatable bonds is 7. The van der Waals surface area contributed by atoms with E-state index in [4.69, 9.17) is 9.15 Å². The largest absolute Gasteiger partial charge is 0.464 e. The van der Waals surface area contributed by atoms with Gasteiger partial charge in [0.2, 0.25) is 15.9 Å². The summed E-state index contributed by atoms with van der Waals surface area (Å²) in [5.41, 5.74) is 4.23. The van der Waals surface area contributed by atoms with E-state index in [2.05, 4.69) is 30.2 Å². The molecule has 1 aliphatic heterocycles. The minimum absolute atomic E-state index is 0.178. The Hall–Kier alpha value is -3.05. The summed E-state index contributed by atoms with van der Waals surface area (Å²) in [6.07, 6.45) is 1.81. The third kappa shape index (κ3) is 5.08. The number of ether oxygens (including phenoxy) is 1. The zero-order valence-electron chi connectivity index (χ0n) is 20.1. The molecule has 2 aromatic heterocycles. The normalized spacial score (nSPS) is 15.0. The molecule has 0 atom stereocenters. The van der Waals surface area contributed by atoms with E-state index in [1.165, 1.54) is 21.2 Å². The van der Waals surface area contributed by atoms with Crippen LogP contribution in [0.1, 0.15) is 30.9 Å². The Bertz CT molecular complexity index is 1480. The molecule has 1 N–H and O–H groups in total. The summed E-state index contributed by atoms with van der Waals surface area (Å²) in [5, 5.41) is 6.13. The van der Waals surface area contributed by atoms with Crippen LogP contribution in [0.4, 0.5) is 5.13 Å². The predicted octanol–water partition coefficient (Wildman–Crippen LogP) is 4.88. The Kier molecular flexibility index (Phi) is 6.94. The number of benzene rings is 2. The minimum atomic E-state index is -3.55. The Labute approximate surface area is 214 Å². The quantitative estimate of drug-likeness (QED) is 0.369. The number of thiazole rings is 1. The van der Waals surface area contributed by atoms with Gasteiger partial charge in [-0.25, -0.2) is 13.4 Å². The molecule has 5 rings (SSSR count). The lowest BCUT2D eigenvalue weighted by Gasteiger charge is -2.26. The number of sulfonamides is 1. The number of hydrogen-bond acceptors (Lipinski definition) is 7. The van der Waals surface area contributed by atoms with Crippen LogP contribution in [-0.4, -0.2) is 49.9 Å². The van der Waals surface area contributed by atoms with E-state index in [0.717, 1.165) is 22.1 Å². The fraction of sp³-hybridized carbons (Fsp3) is 0.308. The molecule has 0 bridgehead atoms. The van der Waals surface area contributed by atoms with Crippen LogP contribution in [0.5, 0.6) is 0 Å². The van der Waals surface area contributed by atoms with E-state index < -0.39 is 10.0 Å². The number of nitrogens with one attached hydrogen (secondary N) is 1. The molecule has 1 saturated heterocycles. The fourth-order valence-corrected chi connectivity index (χ4v) is 6.27. The molecule has 0 spiro atoms. The SMILES string of the molecule is CC(C)c1ccc2occ(CC(=O)Nc3nc(-c4ccc(S(=O)(=O)N5CCOCC5)cc4)cs3)c2c1. The molecule has 1 amide bonds. The Morgan fingerprint density at radius 2 is 1.89 bits per heavy atom. The first-order valence-electron chi connectivity index (χ1n) is 11.7. The standard InChI is InChI=1S/C26H27N3O5S2/c1-17(2)19-5-8-24-22(13-19)20(15-34-24)14-25(30)28-26-27-23(16-35-26)18-3-6-21(7-4-18)36(31,32)29-9-11-33-12-10-29/h3-8,13,15-17H,9-12,14H2,1-2H3,(H,27,28,30). The van der Waals surface area contributed by atoms with Crippen LogP contribution in [0, 0.1) is 0 Å². The van der Waals surface area contributed by atoms with Crippen molar-refractivity contribution in [3.05, 3.63) is 65.2 Å². The van der Waals surface area contributed by atoms with Gasteiger partial charge < -0.3 is 14.5 Å². The molecule has 2 aromatic carbocycles. The van der Waals surface area contributed by atoms with Crippen molar-refractivity contribution >= 4 is 43.4 Å². The van der Waals surface area contributed by atoms with E-state index in [0.29, 0.717) is 43.0 Å². The molecular formula is C26H27N3O5S2. The second-order valence-corrected chi connectivity index (χ2v) is 11.8. The highest BCUT2D eigenvalue weighted by Gasteiger charge is 2.26. The number of aromatic nitrogens is 1. The topological polar surface area (TPSA) is 102 Å². The van der Waals surface area contributed by atoms with Gasteiger partial charge in [-0.1, -0.05) is 32.0 Å². The lowest BCUT2D eigenvalue weighted by molar-refractivity contribution is -0.115. The van der Waals surface area contributed by atoms with Crippen molar-refractivity contribution < 1.29 is 22.4 Å². The average Bonchev–Trinajstić information content (AvgIpc) is 3.51. The van der Waals surface area contributed by atoms with Gasteiger partial charge in [-0.3, -0.25) is 4.79 Å². The van der Waals surface area contributed by atoms with Gasteiger partial charge in [-0.15, -0.1) is 11.3 Å². The van der Waals surface area contributed by atoms with Crippen LogP contribution in [0.25, 0.3) is 22.2 Å². The first-order chi connectivity index (χ1) is 17.3. The molecule has 1 fully saturated rings. The Balaban J connectivity index is 1.26. The summed E-state index contributed by atoms with van der Waals surface area (Å²) in [7, 11) is -3.55. The molecule has 0 radical (unpaired) electrons. The molecule has 36 heavy (non-hydrogen) atoms. The van der Waals surface area contributed by atoms with Gasteiger partial charge in [-0.05, 0) is 35.7 Å². The molecule has 1 aliphatic rings. The number of furan rings is 1. The number of carbonyl (C=O) groups is 1. The number of fused-ring (bicyclic) bond motifs is 1. The van der Waals surface area contributed by atoms with Crippen molar-refractivity contribution in [1.82, 2.24) is 9.29 Å². The molecule has 188 valence electrons. The maximum atomic E-state index is 12.8. The van der Waals surface area contributed by atoms with Crippen LogP contribution in [-0.2, 0) is 26.0 Å². The molecule has 3 heterocycles. The minimum Gasteiger partial charge on any atom is -0.464 e. The number of carbonyl (C=O) groups excluding carboxylic acids is 1. The molecule has 0 aliphatic carbocycles. The van der Waals surface area contributed by atoms with Gasteiger partial charge in [0.25, 0.3) is 0 Å². The Morgan fingerprint density at radius 3 is 2.61 bits per heavy atom. The van der Waals surface area contributed by atoms with Gasteiger partial charge in [0, 0.05) is 35.0 Å². The number of hydrogen-bond donors (Lipinski definition) is 1. The molecule has 10 heteroatoms. The second kappa shape index (κ2) is 10.1. The van der Waals surface area contributed by atoms with Crippen molar-refractivity contribution in [2.24, 2.45) is 0 Å². The van der Waals surface area contributed by atoms with E-state index in [1.54, 1.807) is 30.5 Å².